The first-order valence-corrected chi connectivity index (χ1v) is 10.8. The van der Waals surface area contributed by atoms with E-state index in [0.29, 0.717) is 31.6 Å². The molecule has 1 atom stereocenters. The normalized spacial score (nSPS) is 17.1. The summed E-state index contributed by atoms with van der Waals surface area (Å²) in [5.74, 6) is -0.000265. The molecular weight excluding hydrogens is 396 g/mol. The van der Waals surface area contributed by atoms with Gasteiger partial charge in [-0.05, 0) is 62.2 Å². The van der Waals surface area contributed by atoms with Crippen molar-refractivity contribution in [3.63, 3.8) is 0 Å². The molecule has 2 aromatic rings. The van der Waals surface area contributed by atoms with Crippen molar-refractivity contribution >= 4 is 39.9 Å². The molecule has 1 unspecified atom stereocenters. The molecule has 0 saturated carbocycles. The van der Waals surface area contributed by atoms with Gasteiger partial charge in [-0.2, -0.15) is 0 Å². The first kappa shape index (κ1) is 22.2. The van der Waals surface area contributed by atoms with Crippen molar-refractivity contribution in [2.75, 3.05) is 19.6 Å². The van der Waals surface area contributed by atoms with Crippen LogP contribution in [0.5, 0.6) is 0 Å². The highest BCUT2D eigenvalue weighted by Gasteiger charge is 2.35. The van der Waals surface area contributed by atoms with Crippen molar-refractivity contribution in [1.82, 2.24) is 9.80 Å². The van der Waals surface area contributed by atoms with Gasteiger partial charge in [-0.1, -0.05) is 48.6 Å². The summed E-state index contributed by atoms with van der Waals surface area (Å²) in [4.78, 5) is 30.6. The molecule has 1 aliphatic rings. The summed E-state index contributed by atoms with van der Waals surface area (Å²) in [7, 11) is 0. The minimum Gasteiger partial charge on any atom is -0.444 e. The molecule has 30 heavy (non-hydrogen) atoms. The smallest absolute Gasteiger partial charge is 0.410 e. The summed E-state index contributed by atoms with van der Waals surface area (Å²) < 4.78 is 5.60. The van der Waals surface area contributed by atoms with E-state index in [1.165, 1.54) is 0 Å². The lowest BCUT2D eigenvalue weighted by molar-refractivity contribution is -0.00155. The fourth-order valence-corrected chi connectivity index (χ4v) is 3.92. The van der Waals surface area contributed by atoms with Crippen LogP contribution in [0.15, 0.2) is 42.5 Å². The third kappa shape index (κ3) is 5.36. The number of amides is 2. The van der Waals surface area contributed by atoms with Gasteiger partial charge in [0.2, 0.25) is 0 Å². The highest BCUT2D eigenvalue weighted by Crippen LogP contribution is 2.24. The van der Waals surface area contributed by atoms with Crippen molar-refractivity contribution in [2.24, 2.45) is 0 Å². The number of fused-ring (bicyclic) bond motifs is 1. The molecule has 160 valence electrons. The van der Waals surface area contributed by atoms with Crippen LogP contribution in [0.3, 0.4) is 0 Å². The molecule has 2 aromatic carbocycles. The van der Waals surface area contributed by atoms with Crippen molar-refractivity contribution in [3.05, 3.63) is 48.0 Å². The number of ether oxygens (including phenoxy) is 1. The summed E-state index contributed by atoms with van der Waals surface area (Å²) in [5, 5.41) is 1.99. The maximum absolute atomic E-state index is 13.4. The average molecular weight is 427 g/mol. The Hall–Kier alpha value is -2.47. The number of carbonyl (C=O) groups excluding carboxylic acids is 2. The molecule has 1 heterocycles. The Balaban J connectivity index is 1.81. The Morgan fingerprint density at radius 1 is 1.10 bits per heavy atom. The van der Waals surface area contributed by atoms with E-state index in [2.05, 4.69) is 0 Å². The van der Waals surface area contributed by atoms with E-state index in [1.54, 1.807) is 4.90 Å². The second-order valence-electron chi connectivity index (χ2n) is 8.85. The molecule has 6 heteroatoms. The first-order valence-electron chi connectivity index (χ1n) is 10.4. The number of hydrogen-bond acceptors (Lipinski definition) is 4. The Labute approximate surface area is 184 Å². The zero-order chi connectivity index (χ0) is 21.9. The predicted octanol–water partition coefficient (Wildman–Crippen LogP) is 5.07. The van der Waals surface area contributed by atoms with Gasteiger partial charge in [0.05, 0.1) is 6.04 Å². The minimum atomic E-state index is -0.558. The van der Waals surface area contributed by atoms with Crippen LogP contribution in [0, 0.1) is 0 Å². The van der Waals surface area contributed by atoms with Crippen LogP contribution >= 0.6 is 12.2 Å². The van der Waals surface area contributed by atoms with Crippen LogP contribution in [0.4, 0.5) is 4.79 Å². The Bertz CT molecular complexity index is 946. The highest BCUT2D eigenvalue weighted by atomic mass is 32.1. The van der Waals surface area contributed by atoms with Crippen molar-refractivity contribution in [1.29, 1.82) is 0 Å². The standard InChI is InChI=1S/C24H30N2O3S/c1-17(30)12-13-19-16-25(14-15-26(19)23(28)29-24(2,3)4)22(27)21-11-7-9-18-8-5-6-10-20(18)21/h5-11,19H,12-16H2,1-4H3. The summed E-state index contributed by atoms with van der Waals surface area (Å²) in [6.07, 6.45) is 1.12. The van der Waals surface area contributed by atoms with Gasteiger partial charge in [-0.3, -0.25) is 4.79 Å². The molecule has 0 N–H and O–H groups in total. The van der Waals surface area contributed by atoms with Gasteiger partial charge in [-0.15, -0.1) is 0 Å². The predicted molar refractivity (Wildman–Crippen MR) is 124 cm³/mol. The van der Waals surface area contributed by atoms with E-state index in [0.717, 1.165) is 22.1 Å². The van der Waals surface area contributed by atoms with E-state index < -0.39 is 5.60 Å². The lowest BCUT2D eigenvalue weighted by Crippen LogP contribution is -2.57. The summed E-state index contributed by atoms with van der Waals surface area (Å²) in [6.45, 7) is 8.91. The van der Waals surface area contributed by atoms with Gasteiger partial charge in [0.15, 0.2) is 0 Å². The molecule has 1 aliphatic heterocycles. The second kappa shape index (κ2) is 9.13. The number of piperazine rings is 1. The molecular formula is C24H30N2O3S. The number of nitrogens with zero attached hydrogens (tertiary/aromatic N) is 2. The van der Waals surface area contributed by atoms with Gasteiger partial charge in [0.1, 0.15) is 5.60 Å². The Kier molecular flexibility index (Phi) is 6.76. The third-order valence-electron chi connectivity index (χ3n) is 5.25. The van der Waals surface area contributed by atoms with Crippen molar-refractivity contribution in [3.8, 4) is 0 Å². The molecule has 0 bridgehead atoms. The van der Waals surface area contributed by atoms with Crippen LogP contribution in [-0.2, 0) is 4.74 Å². The molecule has 3 rings (SSSR count). The van der Waals surface area contributed by atoms with E-state index in [9.17, 15) is 9.59 Å². The molecule has 1 fully saturated rings. The van der Waals surface area contributed by atoms with E-state index in [1.807, 2.05) is 75.1 Å². The number of rotatable bonds is 4. The lowest BCUT2D eigenvalue weighted by atomic mass is 10.0. The first-order chi connectivity index (χ1) is 14.2. The maximum atomic E-state index is 13.4. The van der Waals surface area contributed by atoms with E-state index >= 15 is 0 Å². The fraction of sp³-hybridized carbons (Fsp3) is 0.458. The lowest BCUT2D eigenvalue weighted by Gasteiger charge is -2.42. The molecule has 0 aliphatic carbocycles. The SMILES string of the molecule is CC(=S)CCC1CN(C(=O)c2cccc3ccccc23)CCN1C(=O)OC(C)(C)C. The van der Waals surface area contributed by atoms with E-state index in [-0.39, 0.29) is 18.0 Å². The molecule has 0 spiro atoms. The highest BCUT2D eigenvalue weighted by molar-refractivity contribution is 7.80. The maximum Gasteiger partial charge on any atom is 0.410 e. The number of thiocarbonyl (C=S) groups is 1. The summed E-state index contributed by atoms with van der Waals surface area (Å²) in [6, 6.07) is 13.6. The van der Waals surface area contributed by atoms with Gasteiger partial charge in [0.25, 0.3) is 5.91 Å². The largest absolute Gasteiger partial charge is 0.444 e. The Morgan fingerprint density at radius 3 is 2.50 bits per heavy atom. The minimum absolute atomic E-state index is 0.000265. The number of carbonyl (C=O) groups is 2. The molecule has 0 radical (unpaired) electrons. The monoisotopic (exact) mass is 426 g/mol. The van der Waals surface area contributed by atoms with Crippen LogP contribution in [-0.4, -0.2) is 57.9 Å². The molecule has 0 aromatic heterocycles. The number of benzene rings is 2. The topological polar surface area (TPSA) is 49.9 Å². The second-order valence-corrected chi connectivity index (χ2v) is 9.54. The molecule has 2 amide bonds. The van der Waals surface area contributed by atoms with Crippen molar-refractivity contribution < 1.29 is 14.3 Å². The molecule has 1 saturated heterocycles. The Morgan fingerprint density at radius 2 is 1.80 bits per heavy atom. The van der Waals surface area contributed by atoms with Crippen LogP contribution in [0.2, 0.25) is 0 Å². The van der Waals surface area contributed by atoms with Gasteiger partial charge in [0, 0.05) is 25.2 Å². The zero-order valence-corrected chi connectivity index (χ0v) is 19.0. The van der Waals surface area contributed by atoms with Gasteiger partial charge < -0.3 is 14.5 Å². The van der Waals surface area contributed by atoms with Crippen LogP contribution < -0.4 is 0 Å². The molecule has 5 nitrogen and oxygen atoms in total. The summed E-state index contributed by atoms with van der Waals surface area (Å²) >= 11 is 5.25. The van der Waals surface area contributed by atoms with Crippen LogP contribution in [0.1, 0.15) is 50.9 Å². The van der Waals surface area contributed by atoms with Crippen molar-refractivity contribution in [2.45, 2.75) is 52.2 Å². The summed E-state index contributed by atoms with van der Waals surface area (Å²) in [5.41, 5.74) is 0.140. The zero-order valence-electron chi connectivity index (χ0n) is 18.2. The average Bonchev–Trinajstić information content (AvgIpc) is 2.69. The van der Waals surface area contributed by atoms with E-state index in [4.69, 9.17) is 17.0 Å². The fourth-order valence-electron chi connectivity index (χ4n) is 3.80. The third-order valence-corrected chi connectivity index (χ3v) is 5.45. The number of hydrogen-bond donors (Lipinski definition) is 0. The van der Waals surface area contributed by atoms with Crippen LogP contribution in [0.25, 0.3) is 10.8 Å². The van der Waals surface area contributed by atoms with Gasteiger partial charge >= 0.3 is 6.09 Å². The quantitative estimate of drug-likeness (QED) is 0.641. The van der Waals surface area contributed by atoms with Gasteiger partial charge in [-0.25, -0.2) is 4.79 Å².